The van der Waals surface area contributed by atoms with Crippen molar-refractivity contribution in [2.24, 2.45) is 5.92 Å². The number of benzene rings is 2. The zero-order valence-electron chi connectivity index (χ0n) is 19.2. The molecule has 8 heteroatoms. The Kier molecular flexibility index (Phi) is 7.25. The van der Waals surface area contributed by atoms with Crippen LogP contribution >= 0.6 is 0 Å². The maximum absolute atomic E-state index is 13.7. The summed E-state index contributed by atoms with van der Waals surface area (Å²) >= 11 is 0. The van der Waals surface area contributed by atoms with Crippen molar-refractivity contribution in [3.05, 3.63) is 58.4 Å². The fourth-order valence-electron chi connectivity index (χ4n) is 4.21. The third kappa shape index (κ3) is 4.96. The van der Waals surface area contributed by atoms with E-state index in [0.717, 1.165) is 23.3 Å². The third-order valence-corrected chi connectivity index (χ3v) is 8.20. The van der Waals surface area contributed by atoms with Crippen LogP contribution in [-0.4, -0.2) is 38.8 Å². The lowest BCUT2D eigenvalue weighted by atomic mass is 9.94. The number of rotatable bonds is 6. The topological polar surface area (TPSA) is 75.7 Å². The number of hydrogen-bond acceptors (Lipinski definition) is 4. The predicted molar refractivity (Wildman–Crippen MR) is 122 cm³/mol. The Hall–Kier alpha value is -2.45. The Balaban J connectivity index is 1.66. The third-order valence-electron chi connectivity index (χ3n) is 6.28. The van der Waals surface area contributed by atoms with E-state index in [-0.39, 0.29) is 41.6 Å². The van der Waals surface area contributed by atoms with Crippen LogP contribution in [0.1, 0.15) is 48.1 Å². The van der Waals surface area contributed by atoms with Crippen LogP contribution in [0.15, 0.2) is 35.2 Å². The Bertz CT molecular complexity index is 1110. The zero-order chi connectivity index (χ0) is 23.6. The van der Waals surface area contributed by atoms with Crippen LogP contribution in [0.4, 0.5) is 4.39 Å². The first-order chi connectivity index (χ1) is 15.0. The average Bonchev–Trinajstić information content (AvgIpc) is 2.76. The number of aryl methyl sites for hydroxylation is 3. The maximum atomic E-state index is 13.7. The normalized spacial score (nSPS) is 16.6. The van der Waals surface area contributed by atoms with E-state index < -0.39 is 15.8 Å². The van der Waals surface area contributed by atoms with Gasteiger partial charge in [0, 0.05) is 19.0 Å². The highest BCUT2D eigenvalue weighted by atomic mass is 32.2. The highest BCUT2D eigenvalue weighted by Crippen LogP contribution is 2.31. The molecule has 2 aromatic rings. The molecular weight excluding hydrogens is 431 g/mol. The van der Waals surface area contributed by atoms with Crippen molar-refractivity contribution < 1.29 is 22.3 Å². The molecule has 0 spiro atoms. The maximum Gasteiger partial charge on any atom is 0.246 e. The Morgan fingerprint density at radius 3 is 2.34 bits per heavy atom. The summed E-state index contributed by atoms with van der Waals surface area (Å²) in [6, 6.07) is 7.53. The van der Waals surface area contributed by atoms with E-state index in [1.807, 2.05) is 13.8 Å². The van der Waals surface area contributed by atoms with Crippen LogP contribution in [0.2, 0.25) is 0 Å². The van der Waals surface area contributed by atoms with E-state index in [1.165, 1.54) is 28.6 Å². The standard InChI is InChI=1S/C24H31FN2O4S/c1-15-12-17(3)21(13-16(15)2)18(4)26-24(28)19-8-10-27(11-9-19)32(29,30)23-14-20(25)6-7-22(23)31-5/h6-7,12-14,18-19H,8-11H2,1-5H3,(H,26,28). The molecule has 1 aliphatic heterocycles. The Labute approximate surface area is 189 Å². The first kappa shape index (κ1) is 24.2. The number of amides is 1. The highest BCUT2D eigenvalue weighted by molar-refractivity contribution is 7.89. The molecular formula is C24H31FN2O4S. The minimum absolute atomic E-state index is 0.0736. The second-order valence-corrected chi connectivity index (χ2v) is 10.4. The van der Waals surface area contributed by atoms with E-state index in [0.29, 0.717) is 12.8 Å². The van der Waals surface area contributed by atoms with Crippen molar-refractivity contribution in [3.8, 4) is 5.75 Å². The number of ether oxygens (including phenoxy) is 1. The number of methoxy groups -OCH3 is 1. The number of sulfonamides is 1. The van der Waals surface area contributed by atoms with Gasteiger partial charge in [0.1, 0.15) is 16.5 Å². The van der Waals surface area contributed by atoms with Gasteiger partial charge in [0.2, 0.25) is 15.9 Å². The molecule has 1 amide bonds. The van der Waals surface area contributed by atoms with Gasteiger partial charge in [-0.2, -0.15) is 4.31 Å². The second kappa shape index (κ2) is 9.58. The van der Waals surface area contributed by atoms with Crippen molar-refractivity contribution in [2.45, 2.75) is 51.5 Å². The zero-order valence-corrected chi connectivity index (χ0v) is 20.1. The van der Waals surface area contributed by atoms with Crippen molar-refractivity contribution in [1.29, 1.82) is 0 Å². The first-order valence-corrected chi connectivity index (χ1v) is 12.2. The molecule has 1 saturated heterocycles. The van der Waals surface area contributed by atoms with Crippen molar-refractivity contribution in [1.82, 2.24) is 9.62 Å². The van der Waals surface area contributed by atoms with Gasteiger partial charge in [0.15, 0.2) is 0 Å². The molecule has 3 rings (SSSR count). The fourth-order valence-corrected chi connectivity index (χ4v) is 5.84. The SMILES string of the molecule is COc1ccc(F)cc1S(=O)(=O)N1CCC(C(=O)NC(C)c2cc(C)c(C)cc2C)CC1. The Morgan fingerprint density at radius 1 is 1.09 bits per heavy atom. The number of piperidine rings is 1. The molecule has 2 aromatic carbocycles. The summed E-state index contributed by atoms with van der Waals surface area (Å²) in [4.78, 5) is 12.7. The Morgan fingerprint density at radius 2 is 1.72 bits per heavy atom. The summed E-state index contributed by atoms with van der Waals surface area (Å²) in [5.41, 5.74) is 4.61. The molecule has 1 unspecified atom stereocenters. The van der Waals surface area contributed by atoms with Crippen molar-refractivity contribution in [2.75, 3.05) is 20.2 Å². The van der Waals surface area contributed by atoms with Gasteiger partial charge in [-0.3, -0.25) is 4.79 Å². The van der Waals surface area contributed by atoms with Crippen LogP contribution in [0.5, 0.6) is 5.75 Å². The highest BCUT2D eigenvalue weighted by Gasteiger charge is 2.34. The number of hydrogen-bond donors (Lipinski definition) is 1. The molecule has 0 radical (unpaired) electrons. The average molecular weight is 463 g/mol. The van der Waals surface area contributed by atoms with Crippen molar-refractivity contribution in [3.63, 3.8) is 0 Å². The van der Waals surface area contributed by atoms with Gasteiger partial charge in [-0.1, -0.05) is 12.1 Å². The second-order valence-electron chi connectivity index (χ2n) is 8.50. The summed E-state index contributed by atoms with van der Waals surface area (Å²) < 4.78 is 46.2. The van der Waals surface area contributed by atoms with Gasteiger partial charge >= 0.3 is 0 Å². The lowest BCUT2D eigenvalue weighted by Crippen LogP contribution is -2.43. The van der Waals surface area contributed by atoms with Gasteiger partial charge < -0.3 is 10.1 Å². The van der Waals surface area contributed by atoms with Gasteiger partial charge in [-0.25, -0.2) is 12.8 Å². The van der Waals surface area contributed by atoms with Gasteiger partial charge in [0.05, 0.1) is 13.2 Å². The van der Waals surface area contributed by atoms with Crippen LogP contribution in [0.3, 0.4) is 0 Å². The van der Waals surface area contributed by atoms with Gasteiger partial charge in [0.25, 0.3) is 0 Å². The molecule has 0 aromatic heterocycles. The number of halogens is 1. The fraction of sp³-hybridized carbons (Fsp3) is 0.458. The predicted octanol–water partition coefficient (Wildman–Crippen LogP) is 4.04. The van der Waals surface area contributed by atoms with Crippen LogP contribution < -0.4 is 10.1 Å². The summed E-state index contributed by atoms with van der Waals surface area (Å²) in [5, 5.41) is 3.09. The van der Waals surface area contributed by atoms with Crippen LogP contribution in [0.25, 0.3) is 0 Å². The molecule has 32 heavy (non-hydrogen) atoms. The monoisotopic (exact) mass is 462 g/mol. The van der Waals surface area contributed by atoms with E-state index in [4.69, 9.17) is 4.74 Å². The molecule has 6 nitrogen and oxygen atoms in total. The van der Waals surface area contributed by atoms with E-state index in [9.17, 15) is 17.6 Å². The molecule has 1 heterocycles. The molecule has 0 aliphatic carbocycles. The molecule has 174 valence electrons. The molecule has 1 aliphatic rings. The summed E-state index contributed by atoms with van der Waals surface area (Å²) in [7, 11) is -2.57. The summed E-state index contributed by atoms with van der Waals surface area (Å²) in [5.74, 6) is -0.890. The lowest BCUT2D eigenvalue weighted by Gasteiger charge is -2.31. The molecule has 1 fully saturated rings. The molecule has 0 bridgehead atoms. The van der Waals surface area contributed by atoms with E-state index in [1.54, 1.807) is 0 Å². The number of nitrogens with zero attached hydrogens (tertiary/aromatic N) is 1. The molecule has 0 saturated carbocycles. The van der Waals surface area contributed by atoms with Crippen molar-refractivity contribution >= 4 is 15.9 Å². The van der Waals surface area contributed by atoms with Crippen LogP contribution in [-0.2, 0) is 14.8 Å². The minimum Gasteiger partial charge on any atom is -0.495 e. The largest absolute Gasteiger partial charge is 0.495 e. The summed E-state index contributed by atoms with van der Waals surface area (Å²) in [6.45, 7) is 8.50. The van der Waals surface area contributed by atoms with Gasteiger partial charge in [-0.15, -0.1) is 0 Å². The lowest BCUT2D eigenvalue weighted by molar-refractivity contribution is -0.126. The number of carbonyl (C=O) groups excluding carboxylic acids is 1. The molecule has 1 N–H and O–H groups in total. The van der Waals surface area contributed by atoms with E-state index >= 15 is 0 Å². The quantitative estimate of drug-likeness (QED) is 0.703. The molecule has 1 atom stereocenters. The number of nitrogens with one attached hydrogen (secondary N) is 1. The van der Waals surface area contributed by atoms with E-state index in [2.05, 4.69) is 31.3 Å². The first-order valence-electron chi connectivity index (χ1n) is 10.8. The van der Waals surface area contributed by atoms with Gasteiger partial charge in [-0.05, 0) is 81.0 Å². The summed E-state index contributed by atoms with van der Waals surface area (Å²) in [6.07, 6.45) is 0.808. The number of carbonyl (C=O) groups is 1. The smallest absolute Gasteiger partial charge is 0.246 e. The minimum atomic E-state index is -3.92. The van der Waals surface area contributed by atoms with Crippen LogP contribution in [0, 0.1) is 32.5 Å².